The van der Waals surface area contributed by atoms with Crippen molar-refractivity contribution in [3.05, 3.63) is 28.2 Å². The first-order chi connectivity index (χ1) is 6.56. The summed E-state index contributed by atoms with van der Waals surface area (Å²) in [7, 11) is 1.25. The van der Waals surface area contributed by atoms with E-state index < -0.39 is 12.0 Å². The van der Waals surface area contributed by atoms with Crippen LogP contribution in [0.3, 0.4) is 0 Å². The van der Waals surface area contributed by atoms with Crippen molar-refractivity contribution in [1.29, 1.82) is 0 Å². The van der Waals surface area contributed by atoms with E-state index in [2.05, 4.69) is 20.7 Å². The van der Waals surface area contributed by atoms with Crippen LogP contribution in [-0.4, -0.2) is 18.2 Å². The van der Waals surface area contributed by atoms with Crippen LogP contribution in [0.25, 0.3) is 0 Å². The fourth-order valence-electron chi connectivity index (χ4n) is 1.03. The lowest BCUT2D eigenvalue weighted by atomic mass is 10.1. The second-order valence-corrected chi connectivity index (χ2v) is 3.62. The highest BCUT2D eigenvalue weighted by molar-refractivity contribution is 9.10. The quantitative estimate of drug-likeness (QED) is 0.787. The van der Waals surface area contributed by atoms with Crippen LogP contribution in [0.1, 0.15) is 11.6 Å². The molecular weight excluding hydrogens is 250 g/mol. The van der Waals surface area contributed by atoms with Gasteiger partial charge >= 0.3 is 5.97 Å². The van der Waals surface area contributed by atoms with Gasteiger partial charge in [-0.25, -0.2) is 0 Å². The fourth-order valence-corrected chi connectivity index (χ4v) is 1.41. The van der Waals surface area contributed by atoms with Gasteiger partial charge in [-0.1, -0.05) is 15.9 Å². The Balaban J connectivity index is 3.05. The first-order valence-corrected chi connectivity index (χ1v) is 4.67. The van der Waals surface area contributed by atoms with Gasteiger partial charge in [-0.15, -0.1) is 0 Å². The van der Waals surface area contributed by atoms with Gasteiger partial charge in [0.2, 0.25) is 0 Å². The number of benzene rings is 1. The maximum atomic E-state index is 11.1. The number of nitrogens with two attached hydrogens (primary N) is 1. The maximum absolute atomic E-state index is 11.1. The number of hydrogen-bond donors (Lipinski definition) is 2. The predicted octanol–water partition coefficient (Wildman–Crippen LogP) is 1.33. The van der Waals surface area contributed by atoms with Gasteiger partial charge in [-0.05, 0) is 18.2 Å². The average molecular weight is 260 g/mol. The number of methoxy groups -OCH3 is 1. The highest BCUT2D eigenvalue weighted by Crippen LogP contribution is 2.26. The molecule has 0 amide bonds. The second kappa shape index (κ2) is 4.43. The summed E-state index contributed by atoms with van der Waals surface area (Å²) in [5, 5.41) is 9.44. The SMILES string of the molecule is COC(=O)[C@@H](N)c1cc(Br)ccc1O. The predicted molar refractivity (Wildman–Crippen MR) is 54.8 cm³/mol. The Morgan fingerprint density at radius 3 is 2.86 bits per heavy atom. The molecule has 0 aromatic heterocycles. The number of aromatic hydroxyl groups is 1. The Hall–Kier alpha value is -1.07. The van der Waals surface area contributed by atoms with Crippen LogP contribution in [0.5, 0.6) is 5.75 Å². The van der Waals surface area contributed by atoms with Crippen molar-refractivity contribution >= 4 is 21.9 Å². The average Bonchev–Trinajstić information content (AvgIpc) is 2.19. The van der Waals surface area contributed by atoms with Gasteiger partial charge in [0.05, 0.1) is 7.11 Å². The van der Waals surface area contributed by atoms with Gasteiger partial charge in [0.1, 0.15) is 11.8 Å². The van der Waals surface area contributed by atoms with E-state index in [0.29, 0.717) is 5.56 Å². The number of ether oxygens (including phenoxy) is 1. The highest BCUT2D eigenvalue weighted by atomic mass is 79.9. The summed E-state index contributed by atoms with van der Waals surface area (Å²) >= 11 is 3.22. The number of esters is 1. The minimum Gasteiger partial charge on any atom is -0.508 e. The minimum atomic E-state index is -0.961. The molecule has 0 radical (unpaired) electrons. The van der Waals surface area contributed by atoms with Crippen LogP contribution in [-0.2, 0) is 9.53 Å². The molecule has 4 nitrogen and oxygen atoms in total. The standard InChI is InChI=1S/C9H10BrNO3/c1-14-9(13)8(11)6-4-5(10)2-3-7(6)12/h2-4,8,12H,11H2,1H3/t8-/m0/s1. The number of carbonyl (C=O) groups excluding carboxylic acids is 1. The molecule has 14 heavy (non-hydrogen) atoms. The Kier molecular flexibility index (Phi) is 3.49. The number of phenols is 1. The van der Waals surface area contributed by atoms with Crippen molar-refractivity contribution in [1.82, 2.24) is 0 Å². The smallest absolute Gasteiger partial charge is 0.327 e. The molecule has 3 N–H and O–H groups in total. The third kappa shape index (κ3) is 2.24. The summed E-state index contributed by atoms with van der Waals surface area (Å²) in [6.07, 6.45) is 0. The van der Waals surface area contributed by atoms with Crippen LogP contribution in [0.15, 0.2) is 22.7 Å². The molecule has 1 rings (SSSR count). The van der Waals surface area contributed by atoms with E-state index in [0.717, 1.165) is 4.47 Å². The molecular formula is C9H10BrNO3. The Morgan fingerprint density at radius 2 is 2.29 bits per heavy atom. The molecule has 1 aromatic carbocycles. The molecule has 0 unspecified atom stereocenters. The van der Waals surface area contributed by atoms with E-state index in [1.807, 2.05) is 0 Å². The van der Waals surface area contributed by atoms with Crippen LogP contribution in [0.4, 0.5) is 0 Å². The fraction of sp³-hybridized carbons (Fsp3) is 0.222. The number of phenolic OH excluding ortho intramolecular Hbond substituents is 1. The highest BCUT2D eigenvalue weighted by Gasteiger charge is 2.19. The van der Waals surface area contributed by atoms with Crippen LogP contribution in [0.2, 0.25) is 0 Å². The van der Waals surface area contributed by atoms with Crippen molar-refractivity contribution < 1.29 is 14.6 Å². The zero-order chi connectivity index (χ0) is 10.7. The molecule has 0 saturated carbocycles. The van der Waals surface area contributed by atoms with Crippen LogP contribution < -0.4 is 5.73 Å². The summed E-state index contributed by atoms with van der Waals surface area (Å²) in [4.78, 5) is 11.1. The van der Waals surface area contributed by atoms with E-state index in [4.69, 9.17) is 5.73 Å². The molecule has 0 bridgehead atoms. The summed E-state index contributed by atoms with van der Waals surface area (Å²) in [5.41, 5.74) is 5.90. The molecule has 0 saturated heterocycles. The first kappa shape index (κ1) is 11.0. The lowest BCUT2D eigenvalue weighted by molar-refractivity contribution is -0.142. The van der Waals surface area contributed by atoms with Crippen LogP contribution >= 0.6 is 15.9 Å². The molecule has 0 fully saturated rings. The van der Waals surface area contributed by atoms with Gasteiger partial charge in [0.15, 0.2) is 0 Å². The second-order valence-electron chi connectivity index (χ2n) is 2.70. The van der Waals surface area contributed by atoms with Crippen molar-refractivity contribution in [3.8, 4) is 5.75 Å². The normalized spacial score (nSPS) is 12.2. The van der Waals surface area contributed by atoms with Crippen molar-refractivity contribution in [2.75, 3.05) is 7.11 Å². The third-order valence-corrected chi connectivity index (χ3v) is 2.27. The zero-order valence-corrected chi connectivity index (χ0v) is 9.11. The number of hydrogen-bond acceptors (Lipinski definition) is 4. The van der Waals surface area contributed by atoms with Gasteiger partial charge in [-0.3, -0.25) is 4.79 Å². The van der Waals surface area contributed by atoms with Gasteiger partial charge in [0.25, 0.3) is 0 Å². The molecule has 1 atom stereocenters. The minimum absolute atomic E-state index is 0.0221. The van der Waals surface area contributed by atoms with Gasteiger partial charge < -0.3 is 15.6 Å². The summed E-state index contributed by atoms with van der Waals surface area (Å²) in [6, 6.07) is 3.74. The van der Waals surface area contributed by atoms with Gasteiger partial charge in [-0.2, -0.15) is 0 Å². The molecule has 0 aliphatic carbocycles. The Labute approximate surface area is 89.8 Å². The molecule has 1 aromatic rings. The van der Waals surface area contributed by atoms with Crippen LogP contribution in [0, 0.1) is 0 Å². The number of rotatable bonds is 2. The molecule has 0 heterocycles. The zero-order valence-electron chi connectivity index (χ0n) is 7.53. The van der Waals surface area contributed by atoms with Crippen molar-refractivity contribution in [2.45, 2.75) is 6.04 Å². The van der Waals surface area contributed by atoms with E-state index >= 15 is 0 Å². The monoisotopic (exact) mass is 259 g/mol. The lowest BCUT2D eigenvalue weighted by Gasteiger charge is -2.11. The third-order valence-electron chi connectivity index (χ3n) is 1.78. The lowest BCUT2D eigenvalue weighted by Crippen LogP contribution is -2.22. The van der Waals surface area contributed by atoms with E-state index in [1.54, 1.807) is 12.1 Å². The molecule has 5 heteroatoms. The Morgan fingerprint density at radius 1 is 1.64 bits per heavy atom. The van der Waals surface area contributed by atoms with Gasteiger partial charge in [0, 0.05) is 10.0 Å². The summed E-state index contributed by atoms with van der Waals surface area (Å²) in [5.74, 6) is -0.607. The van der Waals surface area contributed by atoms with E-state index in [9.17, 15) is 9.90 Å². The summed E-state index contributed by atoms with van der Waals surface area (Å²) in [6.45, 7) is 0. The topological polar surface area (TPSA) is 72.5 Å². The Bertz CT molecular complexity index is 354. The number of carbonyl (C=O) groups is 1. The van der Waals surface area contributed by atoms with Crippen molar-refractivity contribution in [3.63, 3.8) is 0 Å². The first-order valence-electron chi connectivity index (χ1n) is 3.88. The van der Waals surface area contributed by atoms with E-state index in [1.165, 1.54) is 13.2 Å². The molecule has 0 aliphatic rings. The summed E-state index contributed by atoms with van der Waals surface area (Å²) < 4.78 is 5.21. The maximum Gasteiger partial charge on any atom is 0.327 e. The van der Waals surface area contributed by atoms with Crippen molar-refractivity contribution in [2.24, 2.45) is 5.73 Å². The molecule has 0 spiro atoms. The number of halogens is 1. The van der Waals surface area contributed by atoms with E-state index in [-0.39, 0.29) is 5.75 Å². The largest absolute Gasteiger partial charge is 0.508 e. The molecule has 0 aliphatic heterocycles. The molecule has 76 valence electrons.